The minimum Gasteiger partial charge on any atom is -0.367 e. The van der Waals surface area contributed by atoms with Crippen molar-refractivity contribution in [3.05, 3.63) is 24.0 Å². The number of nitrogens with one attached hydrogen (secondary N) is 1. The van der Waals surface area contributed by atoms with Gasteiger partial charge in [0, 0.05) is 24.4 Å². The summed E-state index contributed by atoms with van der Waals surface area (Å²) >= 11 is 0. The van der Waals surface area contributed by atoms with E-state index >= 15 is 0 Å². The minimum atomic E-state index is 0.275. The fourth-order valence-electron chi connectivity index (χ4n) is 2.06. The topological polar surface area (TPSA) is 32.9 Å². The van der Waals surface area contributed by atoms with Gasteiger partial charge in [-0.2, -0.15) is 0 Å². The lowest BCUT2D eigenvalue weighted by Gasteiger charge is -2.01. The fraction of sp³-hybridized carbons (Fsp3) is 0.667. The summed E-state index contributed by atoms with van der Waals surface area (Å²) in [5.74, 6) is 0.275. The Hall–Kier alpha value is -1.05. The van der Waals surface area contributed by atoms with Gasteiger partial charge >= 0.3 is 0 Å². The second-order valence-electron chi connectivity index (χ2n) is 4.75. The van der Waals surface area contributed by atoms with Crippen LogP contribution in [0.4, 0.5) is 0 Å². The number of Topliss-reactive ketones (excluding diaryl/α,β-unsaturated/α-hetero) is 1. The smallest absolute Gasteiger partial charge is 0.164 e. The molecule has 1 heterocycles. The highest BCUT2D eigenvalue weighted by Gasteiger charge is 2.04. The lowest BCUT2D eigenvalue weighted by molar-refractivity contribution is 0.0979. The second kappa shape index (κ2) is 9.03. The van der Waals surface area contributed by atoms with Crippen molar-refractivity contribution in [3.63, 3.8) is 0 Å². The molecule has 0 spiro atoms. The van der Waals surface area contributed by atoms with Crippen molar-refractivity contribution in [3.8, 4) is 0 Å². The molecular weight excluding hydrogens is 210 g/mol. The van der Waals surface area contributed by atoms with E-state index in [1.54, 1.807) is 12.4 Å². The lowest BCUT2D eigenvalue weighted by Crippen LogP contribution is -1.96. The van der Waals surface area contributed by atoms with Crippen LogP contribution >= 0.6 is 0 Å². The van der Waals surface area contributed by atoms with Crippen LogP contribution in [-0.2, 0) is 0 Å². The average molecular weight is 235 g/mol. The number of carbonyl (C=O) groups is 1. The van der Waals surface area contributed by atoms with E-state index in [1.807, 2.05) is 6.07 Å². The van der Waals surface area contributed by atoms with Crippen LogP contribution < -0.4 is 0 Å². The summed E-state index contributed by atoms with van der Waals surface area (Å²) in [6.07, 6.45) is 14.6. The van der Waals surface area contributed by atoms with Gasteiger partial charge in [0.25, 0.3) is 0 Å². The molecule has 1 aromatic heterocycles. The molecule has 0 radical (unpaired) electrons. The molecule has 0 bridgehead atoms. The SMILES string of the molecule is CCCCCCCCCCC(=O)c1cc[nH]c1. The van der Waals surface area contributed by atoms with E-state index in [1.165, 1.54) is 44.9 Å². The van der Waals surface area contributed by atoms with Gasteiger partial charge < -0.3 is 4.98 Å². The number of hydrogen-bond donors (Lipinski definition) is 1. The average Bonchev–Trinajstić information content (AvgIpc) is 2.86. The monoisotopic (exact) mass is 235 g/mol. The number of aromatic amines is 1. The standard InChI is InChI=1S/C15H25NO/c1-2-3-4-5-6-7-8-9-10-15(17)14-11-12-16-13-14/h11-13,16H,2-10H2,1H3. The summed E-state index contributed by atoms with van der Waals surface area (Å²) in [5.41, 5.74) is 0.827. The van der Waals surface area contributed by atoms with E-state index in [2.05, 4.69) is 11.9 Å². The van der Waals surface area contributed by atoms with Gasteiger partial charge in [0.15, 0.2) is 5.78 Å². The number of carbonyl (C=O) groups excluding carboxylic acids is 1. The van der Waals surface area contributed by atoms with E-state index < -0.39 is 0 Å². The fourth-order valence-corrected chi connectivity index (χ4v) is 2.06. The van der Waals surface area contributed by atoms with Crippen LogP contribution in [0.3, 0.4) is 0 Å². The molecule has 0 fully saturated rings. The Kier molecular flexibility index (Phi) is 7.44. The number of H-pyrrole nitrogens is 1. The first-order valence-corrected chi connectivity index (χ1v) is 7.00. The van der Waals surface area contributed by atoms with Crippen molar-refractivity contribution in [1.29, 1.82) is 0 Å². The first-order valence-electron chi connectivity index (χ1n) is 7.00. The van der Waals surface area contributed by atoms with Crippen molar-refractivity contribution in [1.82, 2.24) is 4.98 Å². The van der Waals surface area contributed by atoms with Crippen LogP contribution in [0.15, 0.2) is 18.5 Å². The number of aromatic nitrogens is 1. The van der Waals surface area contributed by atoms with Crippen molar-refractivity contribution >= 4 is 5.78 Å². The van der Waals surface area contributed by atoms with Crippen LogP contribution in [0.1, 0.15) is 75.1 Å². The predicted octanol–water partition coefficient (Wildman–Crippen LogP) is 4.73. The molecule has 17 heavy (non-hydrogen) atoms. The quantitative estimate of drug-likeness (QED) is 0.461. The third-order valence-electron chi connectivity index (χ3n) is 3.18. The predicted molar refractivity (Wildman–Crippen MR) is 72.4 cm³/mol. The Labute approximate surface area is 105 Å². The highest BCUT2D eigenvalue weighted by Crippen LogP contribution is 2.11. The molecule has 1 aromatic rings. The van der Waals surface area contributed by atoms with Gasteiger partial charge in [-0.15, -0.1) is 0 Å². The van der Waals surface area contributed by atoms with E-state index in [-0.39, 0.29) is 5.78 Å². The third-order valence-corrected chi connectivity index (χ3v) is 3.18. The number of rotatable bonds is 10. The molecule has 0 atom stereocenters. The lowest BCUT2D eigenvalue weighted by atomic mass is 10.0. The summed E-state index contributed by atoms with van der Waals surface area (Å²) in [6, 6.07) is 1.85. The molecular formula is C15H25NO. The Morgan fingerprint density at radius 3 is 2.29 bits per heavy atom. The molecule has 0 aliphatic heterocycles. The highest BCUT2D eigenvalue weighted by atomic mass is 16.1. The van der Waals surface area contributed by atoms with Crippen molar-refractivity contribution in [2.45, 2.75) is 64.7 Å². The Balaban J connectivity index is 1.92. The summed E-state index contributed by atoms with van der Waals surface area (Å²) in [5, 5.41) is 0. The summed E-state index contributed by atoms with van der Waals surface area (Å²) in [6.45, 7) is 2.24. The van der Waals surface area contributed by atoms with Gasteiger partial charge in [-0.1, -0.05) is 51.9 Å². The van der Waals surface area contributed by atoms with Crippen molar-refractivity contribution in [2.24, 2.45) is 0 Å². The van der Waals surface area contributed by atoms with Gasteiger partial charge in [-0.3, -0.25) is 4.79 Å². The third kappa shape index (κ3) is 6.30. The van der Waals surface area contributed by atoms with Gasteiger partial charge in [0.2, 0.25) is 0 Å². The summed E-state index contributed by atoms with van der Waals surface area (Å²) < 4.78 is 0. The van der Waals surface area contributed by atoms with Gasteiger partial charge in [-0.25, -0.2) is 0 Å². The first-order chi connectivity index (χ1) is 8.34. The van der Waals surface area contributed by atoms with Gasteiger partial charge in [0.05, 0.1) is 0 Å². The first kappa shape index (κ1) is 14.0. The summed E-state index contributed by atoms with van der Waals surface area (Å²) in [7, 11) is 0. The Bertz CT molecular complexity index is 290. The zero-order valence-corrected chi connectivity index (χ0v) is 11.0. The van der Waals surface area contributed by atoms with E-state index in [4.69, 9.17) is 0 Å². The maximum atomic E-state index is 11.7. The zero-order valence-electron chi connectivity index (χ0n) is 11.0. The van der Waals surface area contributed by atoms with Crippen molar-refractivity contribution in [2.75, 3.05) is 0 Å². The summed E-state index contributed by atoms with van der Waals surface area (Å²) in [4.78, 5) is 14.6. The maximum absolute atomic E-state index is 11.7. The van der Waals surface area contributed by atoms with Crippen LogP contribution in [0.25, 0.3) is 0 Å². The van der Waals surface area contributed by atoms with Crippen LogP contribution in [-0.4, -0.2) is 10.8 Å². The molecule has 0 aromatic carbocycles. The molecule has 0 aliphatic carbocycles. The highest BCUT2D eigenvalue weighted by molar-refractivity contribution is 5.95. The molecule has 0 saturated heterocycles. The Morgan fingerprint density at radius 1 is 1.06 bits per heavy atom. The molecule has 2 heteroatoms. The molecule has 0 saturated carbocycles. The number of unbranched alkanes of at least 4 members (excludes halogenated alkanes) is 7. The van der Waals surface area contributed by atoms with E-state index in [0.717, 1.165) is 12.0 Å². The molecule has 96 valence electrons. The molecule has 1 N–H and O–H groups in total. The zero-order chi connectivity index (χ0) is 12.3. The normalized spacial score (nSPS) is 10.6. The number of hydrogen-bond acceptors (Lipinski definition) is 1. The maximum Gasteiger partial charge on any atom is 0.164 e. The van der Waals surface area contributed by atoms with Crippen molar-refractivity contribution < 1.29 is 4.79 Å². The van der Waals surface area contributed by atoms with Crippen LogP contribution in [0.2, 0.25) is 0 Å². The number of ketones is 1. The Morgan fingerprint density at radius 2 is 1.71 bits per heavy atom. The largest absolute Gasteiger partial charge is 0.367 e. The van der Waals surface area contributed by atoms with E-state index in [9.17, 15) is 4.79 Å². The molecule has 1 rings (SSSR count). The molecule has 0 aliphatic rings. The van der Waals surface area contributed by atoms with E-state index in [0.29, 0.717) is 6.42 Å². The van der Waals surface area contributed by atoms with Crippen LogP contribution in [0.5, 0.6) is 0 Å². The minimum absolute atomic E-state index is 0.275. The van der Waals surface area contributed by atoms with Gasteiger partial charge in [0.1, 0.15) is 0 Å². The van der Waals surface area contributed by atoms with Crippen LogP contribution in [0, 0.1) is 0 Å². The second-order valence-corrected chi connectivity index (χ2v) is 4.75. The molecule has 0 amide bonds. The molecule has 2 nitrogen and oxygen atoms in total. The molecule has 0 unspecified atom stereocenters. The van der Waals surface area contributed by atoms with Gasteiger partial charge in [-0.05, 0) is 12.5 Å².